The Kier molecular flexibility index (Phi) is 4.73. The Labute approximate surface area is 124 Å². The largest absolute Gasteiger partial charge is 0.486 e. The first kappa shape index (κ1) is 14.9. The first-order chi connectivity index (χ1) is 9.24. The van der Waals surface area contributed by atoms with Gasteiger partial charge in [-0.05, 0) is 24.6 Å². The lowest BCUT2D eigenvalue weighted by Crippen LogP contribution is -2.51. The van der Waals surface area contributed by atoms with Crippen LogP contribution in [0.1, 0.15) is 18.5 Å². The van der Waals surface area contributed by atoms with Gasteiger partial charge in [-0.25, -0.2) is 0 Å². The van der Waals surface area contributed by atoms with Crippen molar-refractivity contribution < 1.29 is 14.3 Å². The number of amides is 1. The lowest BCUT2D eigenvalue weighted by Gasteiger charge is -2.28. The van der Waals surface area contributed by atoms with Gasteiger partial charge in [0.2, 0.25) is 5.91 Å². The molecule has 1 aromatic carbocycles. The van der Waals surface area contributed by atoms with E-state index in [2.05, 4.69) is 10.6 Å². The first-order valence-corrected chi connectivity index (χ1v) is 6.64. The number of rotatable bonds is 3. The summed E-state index contributed by atoms with van der Waals surface area (Å²) in [5.74, 6) is 1.76. The number of carbonyl (C=O) groups excluding carboxylic acids is 1. The fraction of sp³-hybridized carbons (Fsp3) is 0.500. The van der Waals surface area contributed by atoms with Gasteiger partial charge in [0.25, 0.3) is 0 Å². The van der Waals surface area contributed by atoms with Crippen LogP contribution in [-0.4, -0.2) is 32.2 Å². The normalized spacial score (nSPS) is 18.4. The van der Waals surface area contributed by atoms with E-state index in [1.54, 1.807) is 0 Å². The average molecular weight is 299 g/mol. The van der Waals surface area contributed by atoms with E-state index in [9.17, 15) is 4.79 Å². The highest BCUT2D eigenvalue weighted by atomic mass is 35.5. The minimum Gasteiger partial charge on any atom is -0.486 e. The van der Waals surface area contributed by atoms with Crippen LogP contribution in [0.2, 0.25) is 0 Å². The summed E-state index contributed by atoms with van der Waals surface area (Å²) in [6.07, 6.45) is 0. The molecule has 6 heteroatoms. The van der Waals surface area contributed by atoms with Crippen LogP contribution in [0.15, 0.2) is 18.2 Å². The standard InChI is InChI=1S/C14H18N2O3.ClH/c1-9(16-14(17)11-7-15-8-11)10-2-3-12-13(6-10)19-5-4-18-12;/h2-3,6,9,11,15H,4-5,7-8H2,1H3,(H,16,17);1H. The quantitative estimate of drug-likeness (QED) is 0.882. The van der Waals surface area contributed by atoms with Gasteiger partial charge in [-0.3, -0.25) is 4.79 Å². The van der Waals surface area contributed by atoms with E-state index >= 15 is 0 Å². The zero-order valence-electron chi connectivity index (χ0n) is 11.3. The Balaban J connectivity index is 0.00000147. The maximum atomic E-state index is 11.9. The molecule has 0 bridgehead atoms. The van der Waals surface area contributed by atoms with Crippen molar-refractivity contribution in [2.75, 3.05) is 26.3 Å². The molecule has 1 amide bonds. The van der Waals surface area contributed by atoms with E-state index in [0.29, 0.717) is 13.2 Å². The van der Waals surface area contributed by atoms with Crippen molar-refractivity contribution in [1.82, 2.24) is 10.6 Å². The van der Waals surface area contributed by atoms with Crippen LogP contribution in [0.3, 0.4) is 0 Å². The predicted octanol–water partition coefficient (Wildman–Crippen LogP) is 1.28. The maximum absolute atomic E-state index is 11.9. The molecule has 2 N–H and O–H groups in total. The molecule has 2 aliphatic heterocycles. The van der Waals surface area contributed by atoms with Crippen molar-refractivity contribution in [2.45, 2.75) is 13.0 Å². The van der Waals surface area contributed by atoms with E-state index < -0.39 is 0 Å². The molecular weight excluding hydrogens is 280 g/mol. The fourth-order valence-corrected chi connectivity index (χ4v) is 2.22. The van der Waals surface area contributed by atoms with Gasteiger partial charge in [-0.15, -0.1) is 12.4 Å². The third kappa shape index (κ3) is 2.99. The van der Waals surface area contributed by atoms with Crippen LogP contribution in [-0.2, 0) is 4.79 Å². The fourth-order valence-electron chi connectivity index (χ4n) is 2.22. The summed E-state index contributed by atoms with van der Waals surface area (Å²) >= 11 is 0. The molecule has 20 heavy (non-hydrogen) atoms. The average Bonchev–Trinajstić information content (AvgIpc) is 2.36. The van der Waals surface area contributed by atoms with E-state index in [-0.39, 0.29) is 30.3 Å². The lowest BCUT2D eigenvalue weighted by molar-refractivity contribution is -0.127. The van der Waals surface area contributed by atoms with Gasteiger partial charge in [0.1, 0.15) is 13.2 Å². The molecule has 1 aromatic rings. The highest BCUT2D eigenvalue weighted by Gasteiger charge is 2.26. The molecule has 5 nitrogen and oxygen atoms in total. The van der Waals surface area contributed by atoms with Crippen LogP contribution in [0.4, 0.5) is 0 Å². The number of hydrogen-bond acceptors (Lipinski definition) is 4. The Morgan fingerprint density at radius 3 is 2.65 bits per heavy atom. The summed E-state index contributed by atoms with van der Waals surface area (Å²) in [4.78, 5) is 11.9. The molecule has 2 heterocycles. The summed E-state index contributed by atoms with van der Waals surface area (Å²) in [5.41, 5.74) is 1.03. The number of halogens is 1. The van der Waals surface area contributed by atoms with Crippen molar-refractivity contribution in [3.8, 4) is 11.5 Å². The van der Waals surface area contributed by atoms with Crippen LogP contribution in [0.25, 0.3) is 0 Å². The Morgan fingerprint density at radius 1 is 1.30 bits per heavy atom. The van der Waals surface area contributed by atoms with Gasteiger partial charge in [0.05, 0.1) is 12.0 Å². The predicted molar refractivity (Wildman–Crippen MR) is 77.6 cm³/mol. The highest BCUT2D eigenvalue weighted by Crippen LogP contribution is 2.32. The second-order valence-electron chi connectivity index (χ2n) is 4.99. The number of nitrogens with one attached hydrogen (secondary N) is 2. The number of carbonyl (C=O) groups is 1. The lowest BCUT2D eigenvalue weighted by atomic mass is 10.0. The van der Waals surface area contributed by atoms with Crippen molar-refractivity contribution >= 4 is 18.3 Å². The number of ether oxygens (including phenoxy) is 2. The van der Waals surface area contributed by atoms with Gasteiger partial charge in [-0.1, -0.05) is 6.07 Å². The molecule has 2 aliphatic rings. The smallest absolute Gasteiger partial charge is 0.226 e. The molecule has 0 spiro atoms. The molecule has 0 aliphatic carbocycles. The first-order valence-electron chi connectivity index (χ1n) is 6.64. The van der Waals surface area contributed by atoms with Gasteiger partial charge in [0, 0.05) is 13.1 Å². The van der Waals surface area contributed by atoms with E-state index in [0.717, 1.165) is 30.2 Å². The van der Waals surface area contributed by atoms with Crippen LogP contribution < -0.4 is 20.1 Å². The Morgan fingerprint density at radius 2 is 2.00 bits per heavy atom. The van der Waals surface area contributed by atoms with Crippen molar-refractivity contribution in [1.29, 1.82) is 0 Å². The topological polar surface area (TPSA) is 59.6 Å². The van der Waals surface area contributed by atoms with Gasteiger partial charge in [-0.2, -0.15) is 0 Å². The number of fused-ring (bicyclic) bond motifs is 1. The molecule has 0 radical (unpaired) electrons. The SMILES string of the molecule is CC(NC(=O)C1CNC1)c1ccc2c(c1)OCCO2.Cl. The number of benzene rings is 1. The minimum absolute atomic E-state index is 0. The second-order valence-corrected chi connectivity index (χ2v) is 4.99. The summed E-state index contributed by atoms with van der Waals surface area (Å²) in [6.45, 7) is 4.70. The van der Waals surface area contributed by atoms with Crippen molar-refractivity contribution in [3.63, 3.8) is 0 Å². The summed E-state index contributed by atoms with van der Waals surface area (Å²) in [6, 6.07) is 5.79. The van der Waals surface area contributed by atoms with E-state index in [1.165, 1.54) is 0 Å². The molecule has 3 rings (SSSR count). The molecule has 110 valence electrons. The Bertz CT molecular complexity index is 491. The molecule has 0 saturated carbocycles. The monoisotopic (exact) mass is 298 g/mol. The molecule has 1 unspecified atom stereocenters. The molecule has 1 fully saturated rings. The highest BCUT2D eigenvalue weighted by molar-refractivity contribution is 5.85. The van der Waals surface area contributed by atoms with Gasteiger partial charge in [0.15, 0.2) is 11.5 Å². The third-order valence-corrected chi connectivity index (χ3v) is 3.58. The van der Waals surface area contributed by atoms with E-state index in [4.69, 9.17) is 9.47 Å². The maximum Gasteiger partial charge on any atom is 0.226 e. The minimum atomic E-state index is -0.0241. The van der Waals surface area contributed by atoms with Gasteiger partial charge >= 0.3 is 0 Å². The van der Waals surface area contributed by atoms with Crippen molar-refractivity contribution in [3.05, 3.63) is 23.8 Å². The van der Waals surface area contributed by atoms with E-state index in [1.807, 2.05) is 25.1 Å². The third-order valence-electron chi connectivity index (χ3n) is 3.58. The number of hydrogen-bond donors (Lipinski definition) is 2. The Hall–Kier alpha value is -1.46. The molecule has 1 atom stereocenters. The van der Waals surface area contributed by atoms with Crippen LogP contribution in [0, 0.1) is 5.92 Å². The van der Waals surface area contributed by atoms with Crippen molar-refractivity contribution in [2.24, 2.45) is 5.92 Å². The zero-order valence-corrected chi connectivity index (χ0v) is 12.2. The molecule has 0 aromatic heterocycles. The summed E-state index contributed by atoms with van der Waals surface area (Å²) in [7, 11) is 0. The summed E-state index contributed by atoms with van der Waals surface area (Å²) in [5, 5.41) is 6.13. The van der Waals surface area contributed by atoms with Crippen LogP contribution in [0.5, 0.6) is 11.5 Å². The second kappa shape index (κ2) is 6.33. The summed E-state index contributed by atoms with van der Waals surface area (Å²) < 4.78 is 11.0. The van der Waals surface area contributed by atoms with Crippen LogP contribution >= 0.6 is 12.4 Å². The molecule has 1 saturated heterocycles. The van der Waals surface area contributed by atoms with Gasteiger partial charge < -0.3 is 20.1 Å². The molecular formula is C14H19ClN2O3. The zero-order chi connectivity index (χ0) is 13.2.